The van der Waals surface area contributed by atoms with Gasteiger partial charge in [0.25, 0.3) is 0 Å². The van der Waals surface area contributed by atoms with Crippen molar-refractivity contribution in [2.24, 2.45) is 0 Å². The van der Waals surface area contributed by atoms with Crippen LogP contribution in [0.3, 0.4) is 0 Å². The van der Waals surface area contributed by atoms with E-state index in [0.717, 1.165) is 4.47 Å². The molecule has 4 heteroatoms. The topological polar surface area (TPSA) is 50.2 Å². The number of hydrogen-bond acceptors (Lipinski definition) is 2. The zero-order valence-corrected chi connectivity index (χ0v) is 9.00. The summed E-state index contributed by atoms with van der Waals surface area (Å²) in [6, 6.07) is 3.48. The molecular weight excluding hydrogens is 234 g/mol. The average molecular weight is 244 g/mol. The van der Waals surface area contributed by atoms with E-state index in [0.29, 0.717) is 5.69 Å². The minimum Gasteiger partial charge on any atom is -0.481 e. The lowest BCUT2D eigenvalue weighted by Crippen LogP contribution is -2.29. The van der Waals surface area contributed by atoms with E-state index >= 15 is 0 Å². The number of carbonyl (C=O) groups is 1. The molecule has 1 aromatic heterocycles. The Balaban J connectivity index is 3.14. The summed E-state index contributed by atoms with van der Waals surface area (Å²) in [6.07, 6.45) is 1.59. The molecule has 0 unspecified atom stereocenters. The summed E-state index contributed by atoms with van der Waals surface area (Å²) < 4.78 is 0.840. The van der Waals surface area contributed by atoms with Gasteiger partial charge in [-0.3, -0.25) is 9.78 Å². The summed E-state index contributed by atoms with van der Waals surface area (Å²) in [4.78, 5) is 14.9. The molecule has 0 saturated carbocycles. The van der Waals surface area contributed by atoms with Crippen molar-refractivity contribution in [1.29, 1.82) is 0 Å². The van der Waals surface area contributed by atoms with Gasteiger partial charge in [-0.1, -0.05) is 15.9 Å². The number of hydrogen-bond donors (Lipinski definition) is 1. The van der Waals surface area contributed by atoms with Crippen molar-refractivity contribution < 1.29 is 9.90 Å². The molecule has 3 nitrogen and oxygen atoms in total. The number of carboxylic acids is 1. The van der Waals surface area contributed by atoms with Gasteiger partial charge in [-0.2, -0.15) is 0 Å². The molecule has 0 aliphatic rings. The molecule has 0 saturated heterocycles. The van der Waals surface area contributed by atoms with Gasteiger partial charge in [-0.25, -0.2) is 0 Å². The number of rotatable bonds is 2. The number of aromatic nitrogens is 1. The number of carboxylic acid groups (broad SMARTS) is 1. The smallest absolute Gasteiger partial charge is 0.315 e. The fraction of sp³-hybridized carbons (Fsp3) is 0.333. The standard InChI is InChI=1S/C9H10BrNO2/c1-9(2,8(12)13)7-5-6(10)3-4-11-7/h3-5H,1-2H3,(H,12,13). The second-order valence-electron chi connectivity index (χ2n) is 3.29. The summed E-state index contributed by atoms with van der Waals surface area (Å²) in [6.45, 7) is 3.26. The molecule has 0 aromatic carbocycles. The van der Waals surface area contributed by atoms with Crippen molar-refractivity contribution >= 4 is 21.9 Å². The van der Waals surface area contributed by atoms with E-state index in [2.05, 4.69) is 20.9 Å². The number of halogens is 1. The van der Waals surface area contributed by atoms with Gasteiger partial charge < -0.3 is 5.11 Å². The second kappa shape index (κ2) is 3.46. The maximum absolute atomic E-state index is 10.9. The molecular formula is C9H10BrNO2. The Morgan fingerprint density at radius 2 is 2.23 bits per heavy atom. The molecule has 1 aromatic rings. The molecule has 0 aliphatic carbocycles. The Morgan fingerprint density at radius 3 is 2.69 bits per heavy atom. The Labute approximate surface area is 84.9 Å². The van der Waals surface area contributed by atoms with Crippen LogP contribution in [0, 0.1) is 0 Å². The first kappa shape index (κ1) is 10.2. The van der Waals surface area contributed by atoms with Crippen LogP contribution in [0.25, 0.3) is 0 Å². The Morgan fingerprint density at radius 1 is 1.62 bits per heavy atom. The molecule has 1 rings (SSSR count). The van der Waals surface area contributed by atoms with Crippen LogP contribution in [0.4, 0.5) is 0 Å². The molecule has 0 aliphatic heterocycles. The second-order valence-corrected chi connectivity index (χ2v) is 4.21. The first-order chi connectivity index (χ1) is 5.94. The van der Waals surface area contributed by atoms with E-state index in [4.69, 9.17) is 5.11 Å². The molecule has 0 fully saturated rings. The van der Waals surface area contributed by atoms with Crippen LogP contribution in [0.2, 0.25) is 0 Å². The molecule has 0 spiro atoms. The zero-order valence-electron chi connectivity index (χ0n) is 7.41. The molecule has 0 amide bonds. The van der Waals surface area contributed by atoms with Crippen LogP contribution in [0.15, 0.2) is 22.8 Å². The lowest BCUT2D eigenvalue weighted by Gasteiger charge is -2.18. The van der Waals surface area contributed by atoms with Crippen molar-refractivity contribution in [1.82, 2.24) is 4.98 Å². The van der Waals surface area contributed by atoms with Crippen LogP contribution >= 0.6 is 15.9 Å². The van der Waals surface area contributed by atoms with Gasteiger partial charge in [0.05, 0.1) is 5.69 Å². The normalized spacial score (nSPS) is 11.3. The number of pyridine rings is 1. The third-order valence-electron chi connectivity index (χ3n) is 1.90. The van der Waals surface area contributed by atoms with Gasteiger partial charge >= 0.3 is 5.97 Å². The van der Waals surface area contributed by atoms with Gasteiger partial charge in [0.15, 0.2) is 0 Å². The summed E-state index contributed by atoms with van der Waals surface area (Å²) in [5.41, 5.74) is -0.390. The summed E-state index contributed by atoms with van der Waals surface area (Å²) in [5, 5.41) is 8.93. The molecule has 1 N–H and O–H groups in total. The lowest BCUT2D eigenvalue weighted by atomic mass is 9.89. The zero-order chi connectivity index (χ0) is 10.1. The fourth-order valence-corrected chi connectivity index (χ4v) is 1.19. The largest absolute Gasteiger partial charge is 0.481 e. The van der Waals surface area contributed by atoms with E-state index in [9.17, 15) is 4.79 Å². The Bertz CT molecular complexity index is 336. The highest BCUT2D eigenvalue weighted by molar-refractivity contribution is 9.10. The minimum atomic E-state index is -0.941. The van der Waals surface area contributed by atoms with Crippen LogP contribution in [0.1, 0.15) is 19.5 Å². The van der Waals surface area contributed by atoms with E-state index in [-0.39, 0.29) is 0 Å². The summed E-state index contributed by atoms with van der Waals surface area (Å²) >= 11 is 3.27. The van der Waals surface area contributed by atoms with Crippen molar-refractivity contribution in [2.45, 2.75) is 19.3 Å². The van der Waals surface area contributed by atoms with Crippen molar-refractivity contribution in [3.8, 4) is 0 Å². The fourth-order valence-electron chi connectivity index (χ4n) is 0.856. The highest BCUT2D eigenvalue weighted by atomic mass is 79.9. The average Bonchev–Trinajstić information content (AvgIpc) is 2.04. The van der Waals surface area contributed by atoms with Gasteiger partial charge in [0.2, 0.25) is 0 Å². The third kappa shape index (κ3) is 2.06. The predicted molar refractivity (Wildman–Crippen MR) is 52.6 cm³/mol. The van der Waals surface area contributed by atoms with E-state index in [1.807, 2.05) is 0 Å². The molecule has 0 atom stereocenters. The van der Waals surface area contributed by atoms with Crippen LogP contribution < -0.4 is 0 Å². The Hall–Kier alpha value is -0.900. The summed E-state index contributed by atoms with van der Waals surface area (Å²) in [7, 11) is 0. The molecule has 0 radical (unpaired) electrons. The number of nitrogens with zero attached hydrogens (tertiary/aromatic N) is 1. The van der Waals surface area contributed by atoms with Crippen molar-refractivity contribution in [3.63, 3.8) is 0 Å². The van der Waals surface area contributed by atoms with Gasteiger partial charge in [0.1, 0.15) is 5.41 Å². The first-order valence-electron chi connectivity index (χ1n) is 3.80. The van der Waals surface area contributed by atoms with Crippen LogP contribution in [0.5, 0.6) is 0 Å². The maximum atomic E-state index is 10.9. The maximum Gasteiger partial charge on any atom is 0.315 e. The molecule has 70 valence electrons. The SMILES string of the molecule is CC(C)(C(=O)O)c1cc(Br)ccn1. The van der Waals surface area contributed by atoms with Gasteiger partial charge in [0, 0.05) is 10.7 Å². The quantitative estimate of drug-likeness (QED) is 0.867. The lowest BCUT2D eigenvalue weighted by molar-refractivity contribution is -0.142. The highest BCUT2D eigenvalue weighted by Gasteiger charge is 2.30. The summed E-state index contributed by atoms with van der Waals surface area (Å²) in [5.74, 6) is -0.877. The predicted octanol–water partition coefficient (Wildman–Crippen LogP) is 2.21. The van der Waals surface area contributed by atoms with Gasteiger partial charge in [-0.15, -0.1) is 0 Å². The first-order valence-corrected chi connectivity index (χ1v) is 4.59. The monoisotopic (exact) mass is 243 g/mol. The molecule has 13 heavy (non-hydrogen) atoms. The molecule has 0 bridgehead atoms. The van der Waals surface area contributed by atoms with E-state index < -0.39 is 11.4 Å². The molecule has 1 heterocycles. The van der Waals surface area contributed by atoms with Crippen molar-refractivity contribution in [2.75, 3.05) is 0 Å². The minimum absolute atomic E-state index is 0.550. The van der Waals surface area contributed by atoms with E-state index in [1.165, 1.54) is 0 Å². The van der Waals surface area contributed by atoms with Gasteiger partial charge in [-0.05, 0) is 26.0 Å². The number of aliphatic carboxylic acids is 1. The van der Waals surface area contributed by atoms with Crippen LogP contribution in [-0.2, 0) is 10.2 Å². The van der Waals surface area contributed by atoms with Crippen LogP contribution in [-0.4, -0.2) is 16.1 Å². The third-order valence-corrected chi connectivity index (χ3v) is 2.39. The van der Waals surface area contributed by atoms with E-state index in [1.54, 1.807) is 32.2 Å². The Kier molecular flexibility index (Phi) is 2.71. The highest BCUT2D eigenvalue weighted by Crippen LogP contribution is 2.23. The van der Waals surface area contributed by atoms with Crippen molar-refractivity contribution in [3.05, 3.63) is 28.5 Å².